The van der Waals surface area contributed by atoms with Crippen LogP contribution in [0.4, 0.5) is 11.4 Å². The SMILES string of the molecule is COc1ccccc1N1C(=O)[C@H]2N=NN(c3ccccc3Br)[C@@H]2C1=O. The average Bonchev–Trinajstić information content (AvgIpc) is 3.16. The van der Waals surface area contributed by atoms with E-state index in [4.69, 9.17) is 4.74 Å². The molecule has 0 N–H and O–H groups in total. The Bertz CT molecular complexity index is 901. The molecular formula is C17H13BrN4O3. The second kappa shape index (κ2) is 5.96. The maximum atomic E-state index is 13.0. The lowest BCUT2D eigenvalue weighted by molar-refractivity contribution is -0.121. The van der Waals surface area contributed by atoms with Gasteiger partial charge in [-0.15, -0.1) is 0 Å². The molecule has 7 nitrogen and oxygen atoms in total. The van der Waals surface area contributed by atoms with Crippen LogP contribution in [0.5, 0.6) is 5.75 Å². The normalized spacial score (nSPS) is 21.8. The zero-order chi connectivity index (χ0) is 17.6. The van der Waals surface area contributed by atoms with Crippen molar-refractivity contribution < 1.29 is 14.3 Å². The summed E-state index contributed by atoms with van der Waals surface area (Å²) in [6.07, 6.45) is 0. The second-order valence-electron chi connectivity index (χ2n) is 5.57. The summed E-state index contributed by atoms with van der Waals surface area (Å²) in [6.45, 7) is 0. The number of methoxy groups -OCH3 is 1. The van der Waals surface area contributed by atoms with Gasteiger partial charge < -0.3 is 4.74 Å². The molecule has 0 aliphatic carbocycles. The Hall–Kier alpha value is -2.74. The van der Waals surface area contributed by atoms with Crippen LogP contribution in [0.3, 0.4) is 0 Å². The Morgan fingerprint density at radius 3 is 2.40 bits per heavy atom. The van der Waals surface area contributed by atoms with Crippen LogP contribution < -0.4 is 14.6 Å². The first-order valence-corrected chi connectivity index (χ1v) is 8.38. The zero-order valence-corrected chi connectivity index (χ0v) is 14.8. The molecule has 2 atom stereocenters. The van der Waals surface area contributed by atoms with Crippen LogP contribution in [0.25, 0.3) is 0 Å². The summed E-state index contributed by atoms with van der Waals surface area (Å²) in [5, 5.41) is 9.58. The van der Waals surface area contributed by atoms with Gasteiger partial charge in [-0.1, -0.05) is 29.5 Å². The fourth-order valence-electron chi connectivity index (χ4n) is 3.05. The number of anilines is 2. The van der Waals surface area contributed by atoms with Crippen LogP contribution >= 0.6 is 15.9 Å². The minimum absolute atomic E-state index is 0.375. The van der Waals surface area contributed by atoms with Crippen molar-refractivity contribution in [2.75, 3.05) is 17.0 Å². The van der Waals surface area contributed by atoms with Crippen molar-refractivity contribution in [1.29, 1.82) is 0 Å². The molecule has 0 radical (unpaired) electrons. The highest BCUT2D eigenvalue weighted by Gasteiger charge is 2.55. The van der Waals surface area contributed by atoms with E-state index in [-0.39, 0.29) is 5.91 Å². The van der Waals surface area contributed by atoms with Gasteiger partial charge in [-0.05, 0) is 40.2 Å². The first-order chi connectivity index (χ1) is 12.1. The monoisotopic (exact) mass is 400 g/mol. The lowest BCUT2D eigenvalue weighted by Gasteiger charge is -2.22. The molecule has 0 saturated carbocycles. The average molecular weight is 401 g/mol. The van der Waals surface area contributed by atoms with Crippen molar-refractivity contribution in [2.24, 2.45) is 10.3 Å². The first-order valence-electron chi connectivity index (χ1n) is 7.59. The van der Waals surface area contributed by atoms with Gasteiger partial charge in [-0.3, -0.25) is 9.59 Å². The van der Waals surface area contributed by atoms with E-state index in [9.17, 15) is 9.59 Å². The molecule has 0 spiro atoms. The first kappa shape index (κ1) is 15.8. The van der Waals surface area contributed by atoms with E-state index >= 15 is 0 Å². The number of nitrogens with zero attached hydrogens (tertiary/aromatic N) is 4. The number of carbonyl (C=O) groups is 2. The minimum Gasteiger partial charge on any atom is -0.495 e. The molecule has 25 heavy (non-hydrogen) atoms. The molecular weight excluding hydrogens is 388 g/mol. The van der Waals surface area contributed by atoms with Crippen LogP contribution in [0.1, 0.15) is 0 Å². The van der Waals surface area contributed by atoms with Gasteiger partial charge in [0.05, 0.1) is 18.5 Å². The van der Waals surface area contributed by atoms with E-state index in [1.165, 1.54) is 12.1 Å². The molecule has 0 aromatic heterocycles. The third kappa shape index (κ3) is 2.32. The summed E-state index contributed by atoms with van der Waals surface area (Å²) in [5.41, 5.74) is 1.10. The molecule has 1 saturated heterocycles. The molecule has 0 bridgehead atoms. The van der Waals surface area contributed by atoms with E-state index in [1.807, 2.05) is 24.3 Å². The highest BCUT2D eigenvalue weighted by molar-refractivity contribution is 9.10. The predicted molar refractivity (Wildman–Crippen MR) is 94.5 cm³/mol. The lowest BCUT2D eigenvalue weighted by atomic mass is 10.1. The topological polar surface area (TPSA) is 74.6 Å². The van der Waals surface area contributed by atoms with E-state index in [0.29, 0.717) is 17.1 Å². The predicted octanol–water partition coefficient (Wildman–Crippen LogP) is 2.96. The van der Waals surface area contributed by atoms with Crippen molar-refractivity contribution in [3.8, 4) is 5.75 Å². The van der Waals surface area contributed by atoms with Gasteiger partial charge in [-0.25, -0.2) is 9.91 Å². The van der Waals surface area contributed by atoms with E-state index < -0.39 is 18.0 Å². The van der Waals surface area contributed by atoms with Gasteiger partial charge in [0, 0.05) is 4.47 Å². The number of benzene rings is 2. The van der Waals surface area contributed by atoms with Crippen LogP contribution in [-0.4, -0.2) is 31.0 Å². The van der Waals surface area contributed by atoms with Gasteiger partial charge in [-0.2, -0.15) is 5.11 Å². The van der Waals surface area contributed by atoms with Crippen molar-refractivity contribution in [2.45, 2.75) is 12.1 Å². The number of amides is 2. The molecule has 4 rings (SSSR count). The number of imide groups is 1. The van der Waals surface area contributed by atoms with E-state index in [2.05, 4.69) is 26.3 Å². The number of hydrogen-bond acceptors (Lipinski definition) is 6. The highest BCUT2D eigenvalue weighted by atomic mass is 79.9. The third-order valence-corrected chi connectivity index (χ3v) is 4.88. The molecule has 2 heterocycles. The largest absolute Gasteiger partial charge is 0.495 e. The number of fused-ring (bicyclic) bond motifs is 1. The van der Waals surface area contributed by atoms with Gasteiger partial charge in [0.2, 0.25) is 0 Å². The summed E-state index contributed by atoms with van der Waals surface area (Å²) in [6, 6.07) is 12.6. The van der Waals surface area contributed by atoms with Crippen LogP contribution in [0, 0.1) is 0 Å². The maximum Gasteiger partial charge on any atom is 0.263 e. The molecule has 2 aromatic rings. The molecule has 1 fully saturated rings. The molecule has 2 aliphatic rings. The number of hydrogen-bond donors (Lipinski definition) is 0. The van der Waals surface area contributed by atoms with Gasteiger partial charge in [0.15, 0.2) is 12.1 Å². The standard InChI is InChI=1S/C17H13BrN4O3/c1-25-13-9-5-4-8-12(13)21-16(23)14-15(17(21)24)22(20-19-14)11-7-3-2-6-10(11)18/h2-9,14-15H,1H3/t14-,15-/m0/s1. The summed E-state index contributed by atoms with van der Waals surface area (Å²) >= 11 is 3.45. The number of halogens is 1. The Labute approximate surface area is 152 Å². The fraction of sp³-hybridized carbons (Fsp3) is 0.176. The summed E-state index contributed by atoms with van der Waals surface area (Å²) in [4.78, 5) is 27.0. The highest BCUT2D eigenvalue weighted by Crippen LogP contribution is 2.39. The molecule has 2 aliphatic heterocycles. The van der Waals surface area contributed by atoms with E-state index in [1.54, 1.807) is 24.3 Å². The summed E-state index contributed by atoms with van der Waals surface area (Å²) < 4.78 is 6.05. The number of carbonyl (C=O) groups excluding carboxylic acids is 2. The molecule has 0 unspecified atom stereocenters. The lowest BCUT2D eigenvalue weighted by Crippen LogP contribution is -2.40. The number of para-hydroxylation sites is 3. The van der Waals surface area contributed by atoms with Gasteiger partial charge in [0.1, 0.15) is 5.75 Å². The molecule has 126 valence electrons. The Morgan fingerprint density at radius 1 is 1.00 bits per heavy atom. The second-order valence-corrected chi connectivity index (χ2v) is 6.43. The van der Waals surface area contributed by atoms with Crippen LogP contribution in [0.15, 0.2) is 63.3 Å². The minimum atomic E-state index is -0.857. The van der Waals surface area contributed by atoms with Crippen LogP contribution in [-0.2, 0) is 9.59 Å². The third-order valence-electron chi connectivity index (χ3n) is 4.21. The maximum absolute atomic E-state index is 13.0. The summed E-state index contributed by atoms with van der Waals surface area (Å²) in [7, 11) is 1.50. The van der Waals surface area contributed by atoms with Crippen molar-refractivity contribution in [3.63, 3.8) is 0 Å². The summed E-state index contributed by atoms with van der Waals surface area (Å²) in [5.74, 6) is -0.327. The Kier molecular flexibility index (Phi) is 3.76. The van der Waals surface area contributed by atoms with Crippen molar-refractivity contribution >= 4 is 39.1 Å². The van der Waals surface area contributed by atoms with Gasteiger partial charge in [0.25, 0.3) is 11.8 Å². The van der Waals surface area contributed by atoms with E-state index in [0.717, 1.165) is 9.37 Å². The van der Waals surface area contributed by atoms with Crippen molar-refractivity contribution in [1.82, 2.24) is 0 Å². The van der Waals surface area contributed by atoms with Crippen molar-refractivity contribution in [3.05, 3.63) is 53.0 Å². The van der Waals surface area contributed by atoms with Crippen LogP contribution in [0.2, 0.25) is 0 Å². The smallest absolute Gasteiger partial charge is 0.263 e. The number of rotatable bonds is 3. The molecule has 2 aromatic carbocycles. The quantitative estimate of drug-likeness (QED) is 0.742. The van der Waals surface area contributed by atoms with Gasteiger partial charge >= 0.3 is 0 Å². The Balaban J connectivity index is 1.75. The Morgan fingerprint density at radius 2 is 1.68 bits per heavy atom. The fourth-order valence-corrected chi connectivity index (χ4v) is 3.51. The zero-order valence-electron chi connectivity index (χ0n) is 13.2. The molecule has 2 amide bonds. The molecule has 8 heteroatoms. The number of ether oxygens (including phenoxy) is 1.